The monoisotopic (exact) mass is 326 g/mol. The lowest BCUT2D eigenvalue weighted by atomic mass is 10.1. The summed E-state index contributed by atoms with van der Waals surface area (Å²) in [5.74, 6) is 2.55. The number of nitrogens with zero attached hydrogens (tertiary/aromatic N) is 1. The number of aromatic nitrogens is 2. The molecule has 0 atom stereocenters. The third kappa shape index (κ3) is 3.86. The maximum absolute atomic E-state index is 5.69. The van der Waals surface area contributed by atoms with Crippen molar-refractivity contribution in [2.75, 3.05) is 27.4 Å². The highest BCUT2D eigenvalue weighted by Crippen LogP contribution is 2.25. The van der Waals surface area contributed by atoms with Gasteiger partial charge in [0.05, 0.1) is 24.8 Å². The number of nitrogens with one attached hydrogen (secondary N) is 1. The molecule has 0 radical (unpaired) electrons. The first-order chi connectivity index (χ1) is 11.8. The molecule has 0 fully saturated rings. The summed E-state index contributed by atoms with van der Waals surface area (Å²) in [7, 11) is 3.33. The van der Waals surface area contributed by atoms with Gasteiger partial charge in [-0.2, -0.15) is 0 Å². The Morgan fingerprint density at radius 2 is 2.08 bits per heavy atom. The Morgan fingerprint density at radius 1 is 1.17 bits per heavy atom. The van der Waals surface area contributed by atoms with E-state index in [-0.39, 0.29) is 0 Å². The Kier molecular flexibility index (Phi) is 5.33. The van der Waals surface area contributed by atoms with E-state index >= 15 is 0 Å². The van der Waals surface area contributed by atoms with Crippen molar-refractivity contribution in [1.29, 1.82) is 0 Å². The van der Waals surface area contributed by atoms with Gasteiger partial charge in [-0.15, -0.1) is 0 Å². The molecule has 5 nitrogen and oxygen atoms in total. The lowest BCUT2D eigenvalue weighted by Gasteiger charge is -2.09. The molecule has 0 unspecified atom stereocenters. The molecule has 0 spiro atoms. The Bertz CT molecular complexity index is 787. The number of fused-ring (bicyclic) bond motifs is 1. The Morgan fingerprint density at radius 3 is 2.92 bits per heavy atom. The summed E-state index contributed by atoms with van der Waals surface area (Å²) in [6.07, 6.45) is 10.0. The van der Waals surface area contributed by atoms with Gasteiger partial charge in [-0.25, -0.2) is 4.98 Å². The number of methoxy groups -OCH3 is 2. The minimum Gasteiger partial charge on any atom is -0.497 e. The lowest BCUT2D eigenvalue weighted by Crippen LogP contribution is -2.01. The molecule has 0 saturated carbocycles. The maximum Gasteiger partial charge on any atom is 0.134 e. The molecule has 1 aromatic carbocycles. The average molecular weight is 326 g/mol. The van der Waals surface area contributed by atoms with Crippen molar-refractivity contribution >= 4 is 16.6 Å². The standard InChI is InChI=1S/C19H22N2O3/c1-22-11-12-24-15-6-4-3-5-14(7-8-15)19-20-17-10-9-16(23-2)13-18(17)21-19/h4,6-10,13H,3,5,11-12H2,1-2H3,(H,20,21)/b6-4-,14-7+,15-8+. The molecule has 1 aliphatic rings. The molecular weight excluding hydrogens is 304 g/mol. The average Bonchev–Trinajstić information content (AvgIpc) is 2.99. The zero-order chi connectivity index (χ0) is 16.8. The zero-order valence-electron chi connectivity index (χ0n) is 14.0. The minimum absolute atomic E-state index is 0.542. The normalized spacial score (nSPS) is 20.4. The second-order valence-corrected chi connectivity index (χ2v) is 5.51. The van der Waals surface area contributed by atoms with Crippen molar-refractivity contribution in [2.45, 2.75) is 12.8 Å². The van der Waals surface area contributed by atoms with Gasteiger partial charge in [-0.3, -0.25) is 0 Å². The summed E-state index contributed by atoms with van der Waals surface area (Å²) in [6, 6.07) is 5.85. The van der Waals surface area contributed by atoms with E-state index in [1.165, 1.54) is 0 Å². The largest absolute Gasteiger partial charge is 0.497 e. The van der Waals surface area contributed by atoms with Crippen LogP contribution in [0.15, 0.2) is 48.3 Å². The van der Waals surface area contributed by atoms with Gasteiger partial charge in [0.15, 0.2) is 0 Å². The smallest absolute Gasteiger partial charge is 0.134 e. The highest BCUT2D eigenvalue weighted by Gasteiger charge is 2.09. The van der Waals surface area contributed by atoms with Gasteiger partial charge >= 0.3 is 0 Å². The molecule has 2 aromatic rings. The fourth-order valence-electron chi connectivity index (χ4n) is 2.56. The number of aromatic amines is 1. The van der Waals surface area contributed by atoms with Crippen molar-refractivity contribution in [2.24, 2.45) is 0 Å². The molecule has 0 amide bonds. The van der Waals surface area contributed by atoms with E-state index in [4.69, 9.17) is 19.2 Å². The molecule has 3 rings (SSSR count). The van der Waals surface area contributed by atoms with E-state index in [2.05, 4.69) is 17.1 Å². The van der Waals surface area contributed by atoms with Crippen LogP contribution in [0.4, 0.5) is 0 Å². The number of H-pyrrole nitrogens is 1. The number of hydrogen-bond donors (Lipinski definition) is 1. The van der Waals surface area contributed by atoms with Crippen LogP contribution in [0.1, 0.15) is 18.7 Å². The first kappa shape index (κ1) is 16.3. The lowest BCUT2D eigenvalue weighted by molar-refractivity contribution is 0.114. The number of benzene rings is 1. The van der Waals surface area contributed by atoms with E-state index < -0.39 is 0 Å². The molecule has 1 aliphatic carbocycles. The summed E-state index contributed by atoms with van der Waals surface area (Å²) in [6.45, 7) is 1.12. The van der Waals surface area contributed by atoms with Crippen LogP contribution < -0.4 is 4.74 Å². The van der Waals surface area contributed by atoms with Crippen molar-refractivity contribution in [3.8, 4) is 5.75 Å². The van der Waals surface area contributed by atoms with Gasteiger partial charge in [0.25, 0.3) is 0 Å². The summed E-state index contributed by atoms with van der Waals surface area (Å²) in [5.41, 5.74) is 3.07. The topological polar surface area (TPSA) is 56.4 Å². The van der Waals surface area contributed by atoms with E-state index in [9.17, 15) is 0 Å². The molecule has 1 aromatic heterocycles. The molecule has 0 aliphatic heterocycles. The molecule has 1 N–H and O–H groups in total. The summed E-state index contributed by atoms with van der Waals surface area (Å²) in [4.78, 5) is 8.07. The van der Waals surface area contributed by atoms with E-state index in [0.29, 0.717) is 13.2 Å². The minimum atomic E-state index is 0.542. The number of imidazole rings is 1. The molecule has 0 bridgehead atoms. The molecular formula is C19H22N2O3. The third-order valence-electron chi connectivity index (χ3n) is 3.86. The van der Waals surface area contributed by atoms with Gasteiger partial charge < -0.3 is 19.2 Å². The molecule has 0 saturated heterocycles. The van der Waals surface area contributed by atoms with Gasteiger partial charge in [0.1, 0.15) is 23.9 Å². The molecule has 1 heterocycles. The van der Waals surface area contributed by atoms with E-state index in [1.807, 2.05) is 30.4 Å². The SMILES string of the molecule is COCCOC1=C/C=C(/c2nc3ccc(OC)cc3[nH]2)CC/C=C\1. The Balaban J connectivity index is 1.84. The van der Waals surface area contributed by atoms with Crippen molar-refractivity contribution in [3.63, 3.8) is 0 Å². The van der Waals surface area contributed by atoms with Crippen LogP contribution >= 0.6 is 0 Å². The second-order valence-electron chi connectivity index (χ2n) is 5.51. The third-order valence-corrected chi connectivity index (χ3v) is 3.86. The van der Waals surface area contributed by atoms with Crippen LogP contribution in [0, 0.1) is 0 Å². The quantitative estimate of drug-likeness (QED) is 0.819. The Hall–Kier alpha value is -2.53. The summed E-state index contributed by atoms with van der Waals surface area (Å²) in [5, 5.41) is 0. The van der Waals surface area contributed by atoms with Crippen LogP contribution in [-0.4, -0.2) is 37.4 Å². The highest BCUT2D eigenvalue weighted by atomic mass is 16.5. The molecule has 24 heavy (non-hydrogen) atoms. The molecule has 126 valence electrons. The first-order valence-corrected chi connectivity index (χ1v) is 8.03. The van der Waals surface area contributed by atoms with Crippen LogP contribution in [0.2, 0.25) is 0 Å². The predicted octanol–water partition coefficient (Wildman–Crippen LogP) is 3.85. The van der Waals surface area contributed by atoms with Crippen LogP contribution in [0.3, 0.4) is 0 Å². The number of rotatable bonds is 6. The number of hydrogen-bond acceptors (Lipinski definition) is 4. The van der Waals surface area contributed by atoms with Crippen LogP contribution in [0.25, 0.3) is 16.6 Å². The van der Waals surface area contributed by atoms with E-state index in [0.717, 1.165) is 46.8 Å². The van der Waals surface area contributed by atoms with Gasteiger partial charge in [0.2, 0.25) is 0 Å². The van der Waals surface area contributed by atoms with Gasteiger partial charge in [0, 0.05) is 13.2 Å². The van der Waals surface area contributed by atoms with E-state index in [1.54, 1.807) is 14.2 Å². The van der Waals surface area contributed by atoms with Crippen molar-refractivity contribution in [3.05, 3.63) is 54.1 Å². The van der Waals surface area contributed by atoms with Crippen molar-refractivity contribution in [1.82, 2.24) is 9.97 Å². The molecule has 5 heteroatoms. The fourth-order valence-corrected chi connectivity index (χ4v) is 2.56. The summed E-state index contributed by atoms with van der Waals surface area (Å²) >= 11 is 0. The van der Waals surface area contributed by atoms with Crippen molar-refractivity contribution < 1.29 is 14.2 Å². The zero-order valence-corrected chi connectivity index (χ0v) is 14.0. The number of allylic oxidation sites excluding steroid dienone is 5. The Labute approximate surface area is 141 Å². The first-order valence-electron chi connectivity index (χ1n) is 8.03. The van der Waals surface area contributed by atoms with Gasteiger partial charge in [-0.1, -0.05) is 12.2 Å². The fraction of sp³-hybridized carbons (Fsp3) is 0.316. The maximum atomic E-state index is 5.69. The highest BCUT2D eigenvalue weighted by molar-refractivity contribution is 5.80. The van der Waals surface area contributed by atoms with Crippen LogP contribution in [-0.2, 0) is 9.47 Å². The van der Waals surface area contributed by atoms with Crippen LogP contribution in [0.5, 0.6) is 5.75 Å². The second kappa shape index (κ2) is 7.84. The predicted molar refractivity (Wildman–Crippen MR) is 94.9 cm³/mol. The number of ether oxygens (including phenoxy) is 3. The summed E-state index contributed by atoms with van der Waals surface area (Å²) < 4.78 is 16.0. The van der Waals surface area contributed by atoms with Gasteiger partial charge in [-0.05, 0) is 42.7 Å².